The summed E-state index contributed by atoms with van der Waals surface area (Å²) in [5, 5.41) is 9.58. The Balaban J connectivity index is 2.00. The van der Waals surface area contributed by atoms with E-state index in [2.05, 4.69) is 11.0 Å². The van der Waals surface area contributed by atoms with E-state index in [-0.39, 0.29) is 6.10 Å². The first-order valence-electron chi connectivity index (χ1n) is 5.26. The zero-order chi connectivity index (χ0) is 11.4. The lowest BCUT2D eigenvalue weighted by Gasteiger charge is -2.29. The van der Waals surface area contributed by atoms with Crippen molar-refractivity contribution in [3.8, 4) is 6.07 Å². The number of nitriles is 1. The molecule has 1 fully saturated rings. The summed E-state index contributed by atoms with van der Waals surface area (Å²) in [6.45, 7) is 2.90. The van der Waals surface area contributed by atoms with Crippen molar-refractivity contribution >= 4 is 11.6 Å². The summed E-state index contributed by atoms with van der Waals surface area (Å²) >= 11 is 6.09. The van der Waals surface area contributed by atoms with Crippen molar-refractivity contribution in [3.63, 3.8) is 0 Å². The van der Waals surface area contributed by atoms with E-state index in [9.17, 15) is 0 Å². The molecule has 0 aromatic heterocycles. The smallest absolute Gasteiger partial charge is 0.156 e. The van der Waals surface area contributed by atoms with Crippen molar-refractivity contribution < 1.29 is 4.74 Å². The lowest BCUT2D eigenvalue weighted by Crippen LogP contribution is -2.41. The van der Waals surface area contributed by atoms with Crippen molar-refractivity contribution in [1.29, 1.82) is 5.26 Å². The minimum absolute atomic E-state index is 0.309. The van der Waals surface area contributed by atoms with E-state index < -0.39 is 0 Å². The molecule has 0 aliphatic carbocycles. The van der Waals surface area contributed by atoms with E-state index in [0.717, 1.165) is 23.7 Å². The molecule has 3 nitrogen and oxygen atoms in total. The first-order valence-corrected chi connectivity index (χ1v) is 5.64. The monoisotopic (exact) mass is 236 g/mol. The minimum Gasteiger partial charge on any atom is -0.361 e. The third-order valence-electron chi connectivity index (χ3n) is 2.65. The molecule has 0 radical (unpaired) electrons. The summed E-state index contributed by atoms with van der Waals surface area (Å²) in [7, 11) is 0. The molecule has 1 aromatic carbocycles. The molecule has 16 heavy (non-hydrogen) atoms. The average Bonchev–Trinajstić information content (AvgIpc) is 2.32. The van der Waals surface area contributed by atoms with Gasteiger partial charge in [0, 0.05) is 24.7 Å². The molecule has 2 rings (SSSR count). The Morgan fingerprint density at radius 2 is 2.31 bits per heavy atom. The Bertz CT molecular complexity index is 402. The molecule has 84 valence electrons. The average molecular weight is 237 g/mol. The number of rotatable bonds is 2. The van der Waals surface area contributed by atoms with Gasteiger partial charge < -0.3 is 4.74 Å². The molecule has 1 aromatic rings. The number of nitrogens with zero attached hydrogens (tertiary/aromatic N) is 2. The maximum Gasteiger partial charge on any atom is 0.156 e. The van der Waals surface area contributed by atoms with Crippen LogP contribution in [-0.4, -0.2) is 30.7 Å². The van der Waals surface area contributed by atoms with Gasteiger partial charge in [-0.05, 0) is 11.6 Å². The van der Waals surface area contributed by atoms with Gasteiger partial charge >= 0.3 is 0 Å². The van der Waals surface area contributed by atoms with Crippen LogP contribution >= 0.6 is 11.6 Å². The van der Waals surface area contributed by atoms with Crippen molar-refractivity contribution in [2.45, 2.75) is 12.6 Å². The number of hydrogen-bond acceptors (Lipinski definition) is 3. The molecule has 1 atom stereocenters. The molecule has 4 heteroatoms. The highest BCUT2D eigenvalue weighted by Gasteiger charge is 2.20. The van der Waals surface area contributed by atoms with Gasteiger partial charge in [0.1, 0.15) is 0 Å². The lowest BCUT2D eigenvalue weighted by atomic mass is 10.2. The molecular weight excluding hydrogens is 224 g/mol. The van der Waals surface area contributed by atoms with E-state index >= 15 is 0 Å². The third-order valence-corrected chi connectivity index (χ3v) is 3.02. The normalized spacial score (nSPS) is 21.6. The zero-order valence-electron chi connectivity index (χ0n) is 8.90. The molecule has 0 amide bonds. The number of halogens is 1. The first kappa shape index (κ1) is 11.4. The van der Waals surface area contributed by atoms with Crippen LogP contribution in [-0.2, 0) is 11.3 Å². The molecule has 0 N–H and O–H groups in total. The van der Waals surface area contributed by atoms with E-state index in [1.54, 1.807) is 0 Å². The summed E-state index contributed by atoms with van der Waals surface area (Å²) in [5.41, 5.74) is 1.10. The summed E-state index contributed by atoms with van der Waals surface area (Å²) in [6.07, 6.45) is -0.309. The highest BCUT2D eigenvalue weighted by Crippen LogP contribution is 2.18. The van der Waals surface area contributed by atoms with Crippen molar-refractivity contribution in [3.05, 3.63) is 34.9 Å². The molecule has 0 bridgehead atoms. The van der Waals surface area contributed by atoms with Crippen molar-refractivity contribution in [2.75, 3.05) is 19.7 Å². The van der Waals surface area contributed by atoms with Gasteiger partial charge in [-0.1, -0.05) is 29.8 Å². The maximum absolute atomic E-state index is 8.80. The van der Waals surface area contributed by atoms with E-state index in [4.69, 9.17) is 21.6 Å². The van der Waals surface area contributed by atoms with Crippen LogP contribution in [0.5, 0.6) is 0 Å². The molecule has 1 saturated heterocycles. The van der Waals surface area contributed by atoms with Gasteiger partial charge in [-0.2, -0.15) is 5.26 Å². The summed E-state index contributed by atoms with van der Waals surface area (Å²) in [6, 6.07) is 9.93. The van der Waals surface area contributed by atoms with Gasteiger partial charge in [0.05, 0.1) is 12.7 Å². The molecule has 0 saturated carbocycles. The SMILES string of the molecule is N#CC1CN(Cc2ccccc2Cl)CCO1. The van der Waals surface area contributed by atoms with E-state index in [1.165, 1.54) is 0 Å². The predicted molar refractivity (Wildman–Crippen MR) is 62.1 cm³/mol. The van der Waals surface area contributed by atoms with Crippen molar-refractivity contribution in [1.82, 2.24) is 4.90 Å². The Morgan fingerprint density at radius 1 is 1.50 bits per heavy atom. The van der Waals surface area contributed by atoms with Crippen LogP contribution in [0, 0.1) is 11.3 Å². The third kappa shape index (κ3) is 2.73. The highest BCUT2D eigenvalue weighted by atomic mass is 35.5. The van der Waals surface area contributed by atoms with Gasteiger partial charge in [-0.25, -0.2) is 0 Å². The fourth-order valence-electron chi connectivity index (χ4n) is 1.79. The summed E-state index contributed by atoms with van der Waals surface area (Å²) in [4.78, 5) is 2.19. The Labute approximate surface area is 100 Å². The molecule has 1 heterocycles. The Morgan fingerprint density at radius 3 is 3.06 bits per heavy atom. The second-order valence-corrected chi connectivity index (χ2v) is 4.22. The molecule has 0 spiro atoms. The Hall–Kier alpha value is -1.08. The number of ether oxygens (including phenoxy) is 1. The number of hydrogen-bond donors (Lipinski definition) is 0. The number of benzene rings is 1. The highest BCUT2D eigenvalue weighted by molar-refractivity contribution is 6.31. The topological polar surface area (TPSA) is 36.3 Å². The largest absolute Gasteiger partial charge is 0.361 e. The lowest BCUT2D eigenvalue weighted by molar-refractivity contribution is -0.00268. The van der Waals surface area contributed by atoms with E-state index in [1.807, 2.05) is 24.3 Å². The van der Waals surface area contributed by atoms with Crippen LogP contribution in [0.3, 0.4) is 0 Å². The maximum atomic E-state index is 8.80. The molecule has 1 aliphatic heterocycles. The first-order chi connectivity index (χ1) is 7.79. The molecule has 1 aliphatic rings. The van der Waals surface area contributed by atoms with Gasteiger partial charge in [-0.15, -0.1) is 0 Å². The van der Waals surface area contributed by atoms with Crippen LogP contribution in [0.4, 0.5) is 0 Å². The van der Waals surface area contributed by atoms with Crippen LogP contribution in [0.15, 0.2) is 24.3 Å². The predicted octanol–water partition coefficient (Wildman–Crippen LogP) is 2.06. The van der Waals surface area contributed by atoms with E-state index in [0.29, 0.717) is 13.2 Å². The molecular formula is C12H13ClN2O. The second kappa shape index (κ2) is 5.31. The van der Waals surface area contributed by atoms with Gasteiger partial charge in [0.15, 0.2) is 6.10 Å². The fourth-order valence-corrected chi connectivity index (χ4v) is 1.99. The van der Waals surface area contributed by atoms with Crippen LogP contribution in [0.2, 0.25) is 5.02 Å². The van der Waals surface area contributed by atoms with Crippen LogP contribution in [0.25, 0.3) is 0 Å². The van der Waals surface area contributed by atoms with Crippen LogP contribution < -0.4 is 0 Å². The Kier molecular flexibility index (Phi) is 3.79. The standard InChI is InChI=1S/C12H13ClN2O/c13-12-4-2-1-3-10(12)8-15-5-6-16-11(7-14)9-15/h1-4,11H,5-6,8-9H2. The second-order valence-electron chi connectivity index (χ2n) is 3.82. The van der Waals surface area contributed by atoms with Gasteiger partial charge in [0.25, 0.3) is 0 Å². The molecule has 1 unspecified atom stereocenters. The quantitative estimate of drug-likeness (QED) is 0.789. The number of morpholine rings is 1. The van der Waals surface area contributed by atoms with Gasteiger partial charge in [0.2, 0.25) is 0 Å². The summed E-state index contributed by atoms with van der Waals surface area (Å²) < 4.78 is 5.29. The van der Waals surface area contributed by atoms with Crippen LogP contribution in [0.1, 0.15) is 5.56 Å². The summed E-state index contributed by atoms with van der Waals surface area (Å²) in [5.74, 6) is 0. The van der Waals surface area contributed by atoms with Crippen molar-refractivity contribution in [2.24, 2.45) is 0 Å². The fraction of sp³-hybridized carbons (Fsp3) is 0.417. The van der Waals surface area contributed by atoms with Gasteiger partial charge in [-0.3, -0.25) is 4.90 Å². The minimum atomic E-state index is -0.309. The zero-order valence-corrected chi connectivity index (χ0v) is 9.65.